The van der Waals surface area contributed by atoms with Gasteiger partial charge in [0.25, 0.3) is 0 Å². The summed E-state index contributed by atoms with van der Waals surface area (Å²) in [6, 6.07) is 0. The van der Waals surface area contributed by atoms with Crippen LogP contribution in [0.1, 0.15) is 6.42 Å². The van der Waals surface area contributed by atoms with Crippen LogP contribution in [0.5, 0.6) is 0 Å². The van der Waals surface area contributed by atoms with Crippen molar-refractivity contribution in [1.29, 1.82) is 0 Å². The first-order valence-electron chi connectivity index (χ1n) is 5.00. The fraction of sp³-hybridized carbons (Fsp3) is 0.286. The molecule has 0 heterocycles. The van der Waals surface area contributed by atoms with Crippen LogP contribution in [0.25, 0.3) is 0 Å². The van der Waals surface area contributed by atoms with Gasteiger partial charge in [0, 0.05) is 0 Å². The van der Waals surface area contributed by atoms with E-state index in [1.807, 2.05) is 0 Å². The van der Waals surface area contributed by atoms with E-state index in [4.69, 9.17) is 0 Å². The molecule has 0 N–H and O–H groups in total. The van der Waals surface area contributed by atoms with Crippen molar-refractivity contribution >= 4 is 0 Å². The summed E-state index contributed by atoms with van der Waals surface area (Å²) < 4.78 is 1.67. The molecule has 1 heteroatoms. The van der Waals surface area contributed by atoms with Crippen LogP contribution in [0.2, 0.25) is 14.4 Å². The van der Waals surface area contributed by atoms with Crippen LogP contribution in [0.3, 0.4) is 0 Å². The predicted octanol–water partition coefficient (Wildman–Crippen LogP) is 4.80. The Morgan fingerprint density at radius 2 is 1.60 bits per heavy atom. The van der Waals surface area contributed by atoms with E-state index in [0.717, 1.165) is 6.42 Å². The van der Waals surface area contributed by atoms with Crippen molar-refractivity contribution in [2.75, 3.05) is 0 Å². The summed E-state index contributed by atoms with van der Waals surface area (Å²) >= 11 is -1.90. The Morgan fingerprint density at radius 1 is 1.07 bits per heavy atom. The van der Waals surface area contributed by atoms with E-state index in [1.165, 1.54) is 14.4 Å². The molecule has 0 fully saturated rings. The summed E-state index contributed by atoms with van der Waals surface area (Å²) in [4.78, 5) is 3.54. The Morgan fingerprint density at radius 3 is 1.93 bits per heavy atom. The van der Waals surface area contributed by atoms with Gasteiger partial charge in [0.2, 0.25) is 0 Å². The second-order valence-corrected chi connectivity index (χ2v) is 13.3. The van der Waals surface area contributed by atoms with Crippen LogP contribution >= 0.6 is 0 Å². The summed E-state index contributed by atoms with van der Waals surface area (Å²) in [5.41, 5.74) is 0. The van der Waals surface area contributed by atoms with E-state index in [0.29, 0.717) is 0 Å². The summed E-state index contributed by atoms with van der Waals surface area (Å²) in [7, 11) is 0. The average molecular weight is 383 g/mol. The maximum absolute atomic E-state index is 3.91. The number of rotatable bonds is 7. The van der Waals surface area contributed by atoms with Crippen molar-refractivity contribution in [3.8, 4) is 0 Å². The Labute approximate surface area is 97.0 Å². The van der Waals surface area contributed by atoms with Crippen molar-refractivity contribution in [3.63, 3.8) is 0 Å². The second-order valence-electron chi connectivity index (χ2n) is 3.27. The number of allylic oxidation sites excluding steroid dienone is 7. The molecule has 0 aromatic rings. The van der Waals surface area contributed by atoms with Crippen LogP contribution in [0.15, 0.2) is 60.2 Å². The third-order valence-electron chi connectivity index (χ3n) is 2.15. The molecule has 0 aliphatic heterocycles. The van der Waals surface area contributed by atoms with Crippen LogP contribution in [-0.2, 0) is 16.1 Å². The zero-order valence-electron chi connectivity index (χ0n) is 9.23. The Kier molecular flexibility index (Phi) is 5.05. The zero-order valence-corrected chi connectivity index (χ0v) is 11.5. The minimum atomic E-state index is -1.90. The molecule has 0 unspecified atom stereocenters. The van der Waals surface area contributed by atoms with Crippen molar-refractivity contribution in [2.24, 2.45) is 0 Å². The third kappa shape index (κ3) is 2.92. The molecule has 1 aliphatic rings. The van der Waals surface area contributed by atoms with Gasteiger partial charge in [-0.2, -0.15) is 0 Å². The summed E-state index contributed by atoms with van der Waals surface area (Å²) in [6.07, 6.45) is 14.2. The van der Waals surface area contributed by atoms with Crippen LogP contribution in [0, 0.1) is 0 Å². The summed E-state index contributed by atoms with van der Waals surface area (Å²) in [6.45, 7) is 11.7. The third-order valence-corrected chi connectivity index (χ3v) is 13.4. The molecule has 0 aromatic heterocycles. The molecule has 0 nitrogen and oxygen atoms in total. The standard InChI is InChI=1S/C5H5.3C3H5.Pt/c1-2-4-5-3-1;3*1-3-2;/h1-3H,4H2;3*3H,1-2H2;. The summed E-state index contributed by atoms with van der Waals surface area (Å²) in [5.74, 6) is 0. The maximum atomic E-state index is 3.91. The van der Waals surface area contributed by atoms with Gasteiger partial charge < -0.3 is 0 Å². The molecule has 0 saturated heterocycles. The molecule has 0 spiro atoms. The van der Waals surface area contributed by atoms with Gasteiger partial charge in [-0.25, -0.2) is 0 Å². The first-order valence-corrected chi connectivity index (χ1v) is 11.0. The van der Waals surface area contributed by atoms with Crippen molar-refractivity contribution in [1.82, 2.24) is 0 Å². The molecule has 0 atom stereocenters. The Balaban J connectivity index is 2.93. The van der Waals surface area contributed by atoms with Gasteiger partial charge in [-0.1, -0.05) is 0 Å². The quantitative estimate of drug-likeness (QED) is 0.554. The molecule has 0 amide bonds. The van der Waals surface area contributed by atoms with Crippen molar-refractivity contribution in [2.45, 2.75) is 20.9 Å². The molecule has 1 rings (SSSR count). The van der Waals surface area contributed by atoms with E-state index >= 15 is 0 Å². The second kappa shape index (κ2) is 6.08. The SMILES string of the molecule is C=C[CH2][Pt]([CH2]C=C)([CH2]C=C)[C]1=CC=CC1. The Bertz CT molecular complexity index is 281. The average Bonchev–Trinajstić information content (AvgIpc) is 2.72. The van der Waals surface area contributed by atoms with Gasteiger partial charge in [0.1, 0.15) is 0 Å². The van der Waals surface area contributed by atoms with E-state index in [-0.39, 0.29) is 0 Å². The fourth-order valence-corrected chi connectivity index (χ4v) is 10.6. The molecule has 86 valence electrons. The normalized spacial score (nSPS) is 15.9. The van der Waals surface area contributed by atoms with Gasteiger partial charge in [0.05, 0.1) is 0 Å². The van der Waals surface area contributed by atoms with Gasteiger partial charge in [-0.05, 0) is 0 Å². The predicted molar refractivity (Wildman–Crippen MR) is 66.9 cm³/mol. The molecule has 0 bridgehead atoms. The van der Waals surface area contributed by atoms with Gasteiger partial charge in [0.15, 0.2) is 0 Å². The van der Waals surface area contributed by atoms with E-state index in [1.54, 1.807) is 3.96 Å². The fourth-order valence-electron chi connectivity index (χ4n) is 1.59. The number of hydrogen-bond acceptors (Lipinski definition) is 0. The number of hydrogen-bond donors (Lipinski definition) is 0. The van der Waals surface area contributed by atoms with Gasteiger partial charge >= 0.3 is 97.1 Å². The molecular weight excluding hydrogens is 363 g/mol. The van der Waals surface area contributed by atoms with Crippen LogP contribution < -0.4 is 0 Å². The van der Waals surface area contributed by atoms with E-state index in [9.17, 15) is 0 Å². The molecule has 1 aliphatic carbocycles. The van der Waals surface area contributed by atoms with Gasteiger partial charge in [-0.15, -0.1) is 0 Å². The summed E-state index contributed by atoms with van der Waals surface area (Å²) in [5, 5.41) is 0. The van der Waals surface area contributed by atoms with Gasteiger partial charge in [-0.3, -0.25) is 0 Å². The molecule has 15 heavy (non-hydrogen) atoms. The topological polar surface area (TPSA) is 0 Å². The molecule has 0 aromatic carbocycles. The molecular formula is C14H20Pt. The van der Waals surface area contributed by atoms with Crippen molar-refractivity contribution in [3.05, 3.63) is 60.2 Å². The van der Waals surface area contributed by atoms with Crippen LogP contribution in [0.4, 0.5) is 0 Å². The van der Waals surface area contributed by atoms with Crippen LogP contribution in [-0.4, -0.2) is 0 Å². The monoisotopic (exact) mass is 383 g/mol. The Hall–Kier alpha value is -0.612. The zero-order chi connectivity index (χ0) is 11.1. The van der Waals surface area contributed by atoms with E-state index < -0.39 is 16.1 Å². The molecule has 0 saturated carbocycles. The van der Waals surface area contributed by atoms with E-state index in [2.05, 4.69) is 56.2 Å². The first kappa shape index (κ1) is 12.5. The first-order chi connectivity index (χ1) is 7.29. The minimum absolute atomic E-state index is 1.15. The van der Waals surface area contributed by atoms with Crippen molar-refractivity contribution < 1.29 is 16.1 Å². The molecule has 0 radical (unpaired) electrons.